The average molecular weight is 950 g/mol. The molecule has 0 saturated carbocycles. The van der Waals surface area contributed by atoms with Crippen LogP contribution in [0.5, 0.6) is 0 Å². The number of ether oxygens (including phenoxy) is 6. The molecule has 0 aromatic heterocycles. The van der Waals surface area contributed by atoms with E-state index < -0.39 is 124 Å². The van der Waals surface area contributed by atoms with E-state index in [-0.39, 0.29) is 18.9 Å². The number of amides is 1. The van der Waals surface area contributed by atoms with Crippen molar-refractivity contribution in [3.63, 3.8) is 0 Å². The van der Waals surface area contributed by atoms with E-state index in [2.05, 4.69) is 43.5 Å². The van der Waals surface area contributed by atoms with Crippen LogP contribution >= 0.6 is 0 Å². The SMILES string of the molecule is CCCCC/C=C\CCCCCCCC(=O)NC(COC1OC(CO)C(OC2OC(CO)C(OC3OC(CO)C(O)C(O)C3O)C(O)C2O)C(O)C1O)C(O)/C=C/CC/C=C/CCCCC. The molecule has 3 saturated heterocycles. The summed E-state index contributed by atoms with van der Waals surface area (Å²) in [5.41, 5.74) is 0. The predicted octanol–water partition coefficient (Wildman–Crippen LogP) is 0.637. The van der Waals surface area contributed by atoms with Gasteiger partial charge in [-0.2, -0.15) is 0 Å². The lowest BCUT2D eigenvalue weighted by Gasteiger charge is -2.48. The first-order valence-corrected chi connectivity index (χ1v) is 24.2. The molecule has 3 heterocycles. The lowest BCUT2D eigenvalue weighted by atomic mass is 9.96. The first kappa shape index (κ1) is 58.3. The second-order valence-corrected chi connectivity index (χ2v) is 17.6. The largest absolute Gasteiger partial charge is 0.394 e. The molecule has 3 fully saturated rings. The fourth-order valence-corrected chi connectivity index (χ4v) is 8.02. The highest BCUT2D eigenvalue weighted by molar-refractivity contribution is 5.76. The van der Waals surface area contributed by atoms with E-state index in [1.807, 2.05) is 6.08 Å². The number of hydrogen-bond donors (Lipinski definition) is 12. The van der Waals surface area contributed by atoms with Crippen LogP contribution in [0.3, 0.4) is 0 Å². The van der Waals surface area contributed by atoms with Gasteiger partial charge in [-0.05, 0) is 57.8 Å². The number of aliphatic hydroxyl groups excluding tert-OH is 11. The summed E-state index contributed by atoms with van der Waals surface area (Å²) in [5, 5.41) is 119. The van der Waals surface area contributed by atoms with Crippen LogP contribution in [0.4, 0.5) is 0 Å². The van der Waals surface area contributed by atoms with Crippen molar-refractivity contribution in [1.82, 2.24) is 5.32 Å². The summed E-state index contributed by atoms with van der Waals surface area (Å²) < 4.78 is 34.0. The van der Waals surface area contributed by atoms with Crippen LogP contribution in [-0.2, 0) is 33.2 Å². The van der Waals surface area contributed by atoms with Gasteiger partial charge in [-0.3, -0.25) is 4.79 Å². The molecule has 384 valence electrons. The van der Waals surface area contributed by atoms with Crippen LogP contribution < -0.4 is 5.32 Å². The molecule has 17 unspecified atom stereocenters. The summed E-state index contributed by atoms with van der Waals surface area (Å²) in [6.07, 6.45) is 1.83. The predicted molar refractivity (Wildman–Crippen MR) is 240 cm³/mol. The Morgan fingerprint density at radius 2 is 0.970 bits per heavy atom. The first-order valence-electron chi connectivity index (χ1n) is 24.2. The minimum absolute atomic E-state index is 0.224. The van der Waals surface area contributed by atoms with Crippen LogP contribution in [0.1, 0.15) is 123 Å². The minimum Gasteiger partial charge on any atom is -0.394 e. The summed E-state index contributed by atoms with van der Waals surface area (Å²) in [5.74, 6) is -0.303. The second kappa shape index (κ2) is 32.8. The monoisotopic (exact) mass is 950 g/mol. The highest BCUT2D eigenvalue weighted by Crippen LogP contribution is 2.33. The molecule has 0 aromatic carbocycles. The quantitative estimate of drug-likeness (QED) is 0.0325. The van der Waals surface area contributed by atoms with Gasteiger partial charge in [-0.1, -0.05) is 95.2 Å². The number of allylic oxidation sites excluding steroid dienone is 5. The first-order chi connectivity index (χ1) is 31.8. The van der Waals surface area contributed by atoms with Crippen LogP contribution in [0.15, 0.2) is 36.5 Å². The highest BCUT2D eigenvalue weighted by atomic mass is 16.8. The van der Waals surface area contributed by atoms with Gasteiger partial charge in [0.05, 0.1) is 38.6 Å². The van der Waals surface area contributed by atoms with Gasteiger partial charge in [0, 0.05) is 6.42 Å². The van der Waals surface area contributed by atoms with Crippen molar-refractivity contribution < 1.29 is 89.4 Å². The molecule has 0 spiro atoms. The summed E-state index contributed by atoms with van der Waals surface area (Å²) in [6.45, 7) is 1.55. The molecule has 19 heteroatoms. The van der Waals surface area contributed by atoms with Crippen molar-refractivity contribution >= 4 is 5.91 Å². The lowest BCUT2D eigenvalue weighted by molar-refractivity contribution is -0.379. The van der Waals surface area contributed by atoms with Gasteiger partial charge in [-0.25, -0.2) is 0 Å². The second-order valence-electron chi connectivity index (χ2n) is 17.6. The Morgan fingerprint density at radius 1 is 0.530 bits per heavy atom. The van der Waals surface area contributed by atoms with E-state index in [0.29, 0.717) is 12.8 Å². The highest BCUT2D eigenvalue weighted by Gasteiger charge is 2.53. The van der Waals surface area contributed by atoms with Gasteiger partial charge in [-0.15, -0.1) is 0 Å². The number of aliphatic hydroxyl groups is 11. The molecule has 17 atom stereocenters. The third kappa shape index (κ3) is 19.1. The van der Waals surface area contributed by atoms with E-state index in [0.717, 1.165) is 64.2 Å². The van der Waals surface area contributed by atoms with Crippen molar-refractivity contribution in [1.29, 1.82) is 0 Å². The third-order valence-electron chi connectivity index (χ3n) is 12.2. The molecule has 3 rings (SSSR count). The van der Waals surface area contributed by atoms with E-state index in [4.69, 9.17) is 28.4 Å². The Labute approximate surface area is 390 Å². The Bertz CT molecular complexity index is 1370. The van der Waals surface area contributed by atoms with E-state index >= 15 is 0 Å². The van der Waals surface area contributed by atoms with Crippen molar-refractivity contribution in [3.8, 4) is 0 Å². The van der Waals surface area contributed by atoms with Crippen molar-refractivity contribution in [2.75, 3.05) is 26.4 Å². The molecule has 0 aromatic rings. The molecule has 66 heavy (non-hydrogen) atoms. The zero-order chi connectivity index (χ0) is 48.4. The minimum atomic E-state index is -1.98. The maximum Gasteiger partial charge on any atom is 0.220 e. The van der Waals surface area contributed by atoms with E-state index in [1.54, 1.807) is 6.08 Å². The summed E-state index contributed by atoms with van der Waals surface area (Å²) in [7, 11) is 0. The molecule has 0 bridgehead atoms. The Morgan fingerprint density at radius 3 is 1.52 bits per heavy atom. The summed E-state index contributed by atoms with van der Waals surface area (Å²) >= 11 is 0. The maximum atomic E-state index is 13.1. The number of hydrogen-bond acceptors (Lipinski definition) is 18. The van der Waals surface area contributed by atoms with Crippen LogP contribution in [0.2, 0.25) is 0 Å². The molecule has 12 N–H and O–H groups in total. The maximum absolute atomic E-state index is 13.1. The molecule has 19 nitrogen and oxygen atoms in total. The fourth-order valence-electron chi connectivity index (χ4n) is 8.02. The Balaban J connectivity index is 1.59. The Hall–Kier alpha value is -1.99. The molecule has 1 amide bonds. The number of nitrogens with one attached hydrogen (secondary N) is 1. The van der Waals surface area contributed by atoms with Gasteiger partial charge in [0.2, 0.25) is 5.91 Å². The summed E-state index contributed by atoms with van der Waals surface area (Å²) in [6, 6.07) is -0.988. The molecular weight excluding hydrogens is 867 g/mol. The number of unbranched alkanes of at least 4 members (excludes halogenated alkanes) is 12. The van der Waals surface area contributed by atoms with Gasteiger partial charge in [0.25, 0.3) is 0 Å². The topological polar surface area (TPSA) is 307 Å². The number of carbonyl (C=O) groups excluding carboxylic acids is 1. The van der Waals surface area contributed by atoms with Crippen molar-refractivity contribution in [2.24, 2.45) is 0 Å². The molecule has 3 aliphatic rings. The number of carbonyl (C=O) groups is 1. The Kier molecular flexibility index (Phi) is 28.9. The van der Waals surface area contributed by atoms with Crippen molar-refractivity contribution in [3.05, 3.63) is 36.5 Å². The van der Waals surface area contributed by atoms with Gasteiger partial charge in [0.1, 0.15) is 73.2 Å². The van der Waals surface area contributed by atoms with E-state index in [9.17, 15) is 61.0 Å². The zero-order valence-electron chi connectivity index (χ0n) is 38.9. The fraction of sp³-hybridized carbons (Fsp3) is 0.851. The van der Waals surface area contributed by atoms with E-state index in [1.165, 1.54) is 25.7 Å². The smallest absolute Gasteiger partial charge is 0.220 e. The summed E-state index contributed by atoms with van der Waals surface area (Å²) in [4.78, 5) is 13.1. The normalized spacial score (nSPS) is 34.1. The van der Waals surface area contributed by atoms with Crippen LogP contribution in [0.25, 0.3) is 0 Å². The van der Waals surface area contributed by atoms with Gasteiger partial charge < -0.3 is 89.9 Å². The van der Waals surface area contributed by atoms with Crippen LogP contribution in [-0.4, -0.2) is 193 Å². The third-order valence-corrected chi connectivity index (χ3v) is 12.2. The zero-order valence-corrected chi connectivity index (χ0v) is 38.9. The average Bonchev–Trinajstić information content (AvgIpc) is 3.31. The lowest BCUT2D eigenvalue weighted by Crippen LogP contribution is -2.66. The molecule has 0 aliphatic carbocycles. The molecular formula is C47H83NO18. The van der Waals surface area contributed by atoms with Gasteiger partial charge >= 0.3 is 0 Å². The van der Waals surface area contributed by atoms with Crippen molar-refractivity contribution in [2.45, 2.75) is 227 Å². The van der Waals surface area contributed by atoms with Crippen LogP contribution in [0, 0.1) is 0 Å². The molecule has 3 aliphatic heterocycles. The number of rotatable bonds is 32. The molecule has 0 radical (unpaired) electrons. The standard InChI is InChI=1S/C47H83NO18/c1-3-5-7-9-11-13-14-15-17-19-21-23-25-35(53)48-30(31(52)24-22-20-18-16-12-10-8-6-4-2)29-61-45-41(59)38(56)43(33(27-50)63-45)66-47-42(60)39(57)44(34(28-51)64-47)65-46-40(58)37(55)36(54)32(26-49)62-46/h11-13,16,22,24,30-34,36-47,49-52,54-60H,3-10,14-15,17-21,23,25-29H2,1-2H3,(H,48,53)/b13-11-,16-12+,24-22+. The van der Waals surface area contributed by atoms with Gasteiger partial charge in [0.15, 0.2) is 18.9 Å².